The highest BCUT2D eigenvalue weighted by Gasteiger charge is 2.20. The molecule has 0 bridgehead atoms. The van der Waals surface area contributed by atoms with E-state index in [1.54, 1.807) is 6.20 Å². The molecule has 1 unspecified atom stereocenters. The minimum Gasteiger partial charge on any atom is -0.264 e. The van der Waals surface area contributed by atoms with E-state index in [1.807, 2.05) is 67.7 Å². The van der Waals surface area contributed by atoms with Crippen molar-refractivity contribution in [3.8, 4) is 0 Å². The van der Waals surface area contributed by atoms with Crippen LogP contribution in [0.25, 0.3) is 10.6 Å². The topological polar surface area (TPSA) is 25.2 Å². The summed E-state index contributed by atoms with van der Waals surface area (Å²) < 4.78 is 0. The second-order valence-electron chi connectivity index (χ2n) is 7.51. The van der Waals surface area contributed by atoms with Gasteiger partial charge in [0.25, 0.3) is 0 Å². The third-order valence-electron chi connectivity index (χ3n) is 5.52. The van der Waals surface area contributed by atoms with Crippen LogP contribution < -0.4 is 0 Å². The number of hydrogen-bond acceptors (Lipinski definition) is 2. The molecule has 0 amide bonds. The summed E-state index contributed by atoms with van der Waals surface area (Å²) in [4.78, 5) is 8.57. The van der Waals surface area contributed by atoms with Crippen molar-refractivity contribution in [3.05, 3.63) is 130 Å². The predicted octanol–water partition coefficient (Wildman–Crippen LogP) is 8.37. The van der Waals surface area contributed by atoms with Crippen molar-refractivity contribution < 1.29 is 0 Å². The quantitative estimate of drug-likeness (QED) is 0.211. The summed E-state index contributed by atoms with van der Waals surface area (Å²) in [5.41, 5.74) is 6.94. The molecule has 0 spiro atoms. The number of allylic oxidation sites excluding steroid dienone is 1. The summed E-state index contributed by atoms with van der Waals surface area (Å²) in [6.45, 7) is 5.77. The summed E-state index contributed by atoms with van der Waals surface area (Å²) in [5.74, 6) is -0.0277. The van der Waals surface area contributed by atoms with Crippen molar-refractivity contribution >= 4 is 46.2 Å². The van der Waals surface area contributed by atoms with Gasteiger partial charge in [0.05, 0.1) is 10.7 Å². The van der Waals surface area contributed by atoms with Crippen molar-refractivity contribution in [3.63, 3.8) is 0 Å². The predicted molar refractivity (Wildman–Crippen MR) is 137 cm³/mol. The van der Waals surface area contributed by atoms with Crippen LogP contribution in [0.5, 0.6) is 0 Å². The van der Waals surface area contributed by atoms with Crippen LogP contribution in [0.3, 0.4) is 0 Å². The summed E-state index contributed by atoms with van der Waals surface area (Å²) in [7, 11) is 0. The first kappa shape index (κ1) is 22.0. The second kappa shape index (κ2) is 9.95. The van der Waals surface area contributed by atoms with Crippen molar-refractivity contribution in [2.24, 2.45) is 4.99 Å². The van der Waals surface area contributed by atoms with E-state index in [0.717, 1.165) is 39.1 Å². The highest BCUT2D eigenvalue weighted by molar-refractivity contribution is 6.53. The maximum Gasteiger partial charge on any atom is 0.0709 e. The number of halogens is 2. The smallest absolute Gasteiger partial charge is 0.0709 e. The SMILES string of the molecule is C=Nc1ccc(C(c2ccc(Cl)cc2)c2cccnc2)cc1/C(Cl)=C(\C)c1ccccc1. The molecule has 0 aliphatic rings. The van der Waals surface area contributed by atoms with Crippen LogP contribution in [0.4, 0.5) is 5.69 Å². The Hall–Kier alpha value is -3.20. The highest BCUT2D eigenvalue weighted by atomic mass is 35.5. The van der Waals surface area contributed by atoms with Crippen molar-refractivity contribution in [2.45, 2.75) is 12.8 Å². The lowest BCUT2D eigenvalue weighted by Gasteiger charge is -2.20. The molecule has 3 aromatic carbocycles. The van der Waals surface area contributed by atoms with Gasteiger partial charge in [0.15, 0.2) is 0 Å². The van der Waals surface area contributed by atoms with E-state index in [1.165, 1.54) is 0 Å². The molecule has 0 aliphatic carbocycles. The summed E-state index contributed by atoms with van der Waals surface area (Å²) in [5, 5.41) is 1.36. The van der Waals surface area contributed by atoms with Gasteiger partial charge in [-0.3, -0.25) is 9.98 Å². The van der Waals surface area contributed by atoms with Gasteiger partial charge in [0, 0.05) is 28.9 Å². The van der Waals surface area contributed by atoms with Gasteiger partial charge in [0.1, 0.15) is 0 Å². The Bertz CT molecular complexity index is 1250. The van der Waals surface area contributed by atoms with E-state index >= 15 is 0 Å². The molecule has 0 fully saturated rings. The molecule has 4 aromatic rings. The third kappa shape index (κ3) is 4.67. The Labute approximate surface area is 198 Å². The maximum atomic E-state index is 6.93. The number of rotatable bonds is 6. The molecule has 0 radical (unpaired) electrons. The van der Waals surface area contributed by atoms with Crippen LogP contribution in [-0.4, -0.2) is 11.7 Å². The zero-order valence-electron chi connectivity index (χ0n) is 17.7. The highest BCUT2D eigenvalue weighted by Crippen LogP contribution is 2.39. The molecule has 0 saturated carbocycles. The van der Waals surface area contributed by atoms with Gasteiger partial charge in [-0.15, -0.1) is 0 Å². The van der Waals surface area contributed by atoms with E-state index in [4.69, 9.17) is 23.2 Å². The van der Waals surface area contributed by atoms with Gasteiger partial charge in [-0.05, 0) is 71.8 Å². The fourth-order valence-electron chi connectivity index (χ4n) is 3.84. The number of aliphatic imine (C=N–C) groups is 1. The minimum absolute atomic E-state index is 0.0277. The fraction of sp³-hybridized carbons (Fsp3) is 0.0714. The molecule has 1 atom stereocenters. The maximum absolute atomic E-state index is 6.93. The number of pyridine rings is 1. The molecular weight excluding hydrogens is 435 g/mol. The Morgan fingerprint density at radius 1 is 0.875 bits per heavy atom. The molecule has 2 nitrogen and oxygen atoms in total. The second-order valence-corrected chi connectivity index (χ2v) is 8.33. The third-order valence-corrected chi connectivity index (χ3v) is 6.26. The average molecular weight is 457 g/mol. The first-order valence-corrected chi connectivity index (χ1v) is 11.0. The Morgan fingerprint density at radius 2 is 1.59 bits per heavy atom. The van der Waals surface area contributed by atoms with Crippen LogP contribution in [0.15, 0.2) is 102 Å². The number of nitrogens with zero attached hydrogens (tertiary/aromatic N) is 2. The number of hydrogen-bond donors (Lipinski definition) is 0. The van der Waals surface area contributed by atoms with E-state index in [9.17, 15) is 0 Å². The van der Waals surface area contributed by atoms with Gasteiger partial charge in [-0.1, -0.05) is 77.8 Å². The van der Waals surface area contributed by atoms with Crippen LogP contribution in [0, 0.1) is 0 Å². The lowest BCUT2D eigenvalue weighted by Crippen LogP contribution is -2.04. The van der Waals surface area contributed by atoms with E-state index in [0.29, 0.717) is 10.1 Å². The Balaban J connectivity index is 1.88. The molecule has 4 rings (SSSR count). The van der Waals surface area contributed by atoms with Crippen molar-refractivity contribution in [1.82, 2.24) is 4.98 Å². The minimum atomic E-state index is -0.0277. The molecular formula is C28H22Cl2N2. The van der Waals surface area contributed by atoms with E-state index < -0.39 is 0 Å². The normalized spacial score (nSPS) is 12.7. The van der Waals surface area contributed by atoms with Crippen LogP contribution in [-0.2, 0) is 0 Å². The molecule has 4 heteroatoms. The molecule has 0 N–H and O–H groups in total. The zero-order chi connectivity index (χ0) is 22.5. The van der Waals surface area contributed by atoms with Crippen LogP contribution in [0.1, 0.15) is 40.7 Å². The van der Waals surface area contributed by atoms with Crippen LogP contribution >= 0.6 is 23.2 Å². The first-order valence-electron chi connectivity index (χ1n) is 10.3. The fourth-order valence-corrected chi connectivity index (χ4v) is 4.23. The summed E-state index contributed by atoms with van der Waals surface area (Å²) >= 11 is 13.1. The molecule has 32 heavy (non-hydrogen) atoms. The summed E-state index contributed by atoms with van der Waals surface area (Å²) in [6.07, 6.45) is 3.67. The van der Waals surface area contributed by atoms with Crippen molar-refractivity contribution in [2.75, 3.05) is 0 Å². The van der Waals surface area contributed by atoms with Gasteiger partial charge in [-0.25, -0.2) is 0 Å². The monoisotopic (exact) mass is 456 g/mol. The Morgan fingerprint density at radius 3 is 2.25 bits per heavy atom. The van der Waals surface area contributed by atoms with Crippen LogP contribution in [0.2, 0.25) is 5.02 Å². The standard InChI is InChI=1S/C28H22Cl2N2/c1-19(20-7-4-3-5-8-20)28(30)25-17-22(12-15-26(25)31-2)27(23-9-6-16-32-18-23)21-10-13-24(29)14-11-21/h3-18,27H,2H2,1H3/b28-19-. The first-order chi connectivity index (χ1) is 15.6. The molecule has 0 saturated heterocycles. The lowest BCUT2D eigenvalue weighted by atomic mass is 9.85. The van der Waals surface area contributed by atoms with E-state index in [-0.39, 0.29) is 5.92 Å². The van der Waals surface area contributed by atoms with E-state index in [2.05, 4.69) is 47.0 Å². The molecule has 1 aromatic heterocycles. The van der Waals surface area contributed by atoms with Crippen molar-refractivity contribution in [1.29, 1.82) is 0 Å². The van der Waals surface area contributed by atoms with Gasteiger partial charge < -0.3 is 0 Å². The largest absolute Gasteiger partial charge is 0.264 e. The van der Waals surface area contributed by atoms with Gasteiger partial charge >= 0.3 is 0 Å². The number of aromatic nitrogens is 1. The lowest BCUT2D eigenvalue weighted by molar-refractivity contribution is 0.963. The van der Waals surface area contributed by atoms with Gasteiger partial charge in [-0.2, -0.15) is 0 Å². The summed E-state index contributed by atoms with van der Waals surface area (Å²) in [6, 6.07) is 28.2. The average Bonchev–Trinajstić information content (AvgIpc) is 2.85. The molecule has 1 heterocycles. The molecule has 0 aliphatic heterocycles. The number of benzene rings is 3. The Kier molecular flexibility index (Phi) is 6.84. The van der Waals surface area contributed by atoms with Gasteiger partial charge in [0.2, 0.25) is 0 Å². The zero-order valence-corrected chi connectivity index (χ0v) is 19.2. The molecule has 158 valence electrons.